The van der Waals surface area contributed by atoms with Gasteiger partial charge in [-0.3, -0.25) is 9.59 Å². The lowest BCUT2D eigenvalue weighted by molar-refractivity contribution is -0.223. The van der Waals surface area contributed by atoms with E-state index in [1.54, 1.807) is 13.8 Å². The normalized spacial score (nSPS) is 13.1. The molecule has 0 fully saturated rings. The average molecular weight is 481 g/mol. The summed E-state index contributed by atoms with van der Waals surface area (Å²) in [7, 11) is 0. The molecule has 0 aromatic rings. The van der Waals surface area contributed by atoms with E-state index in [0.717, 1.165) is 26.2 Å². The van der Waals surface area contributed by atoms with Crippen LogP contribution in [-0.2, 0) is 19.1 Å². The predicted octanol–water partition coefficient (Wildman–Crippen LogP) is 8.31. The number of hydrogen-bond donors (Lipinski definition) is 0. The fraction of sp³-hybridized carbons (Fsp3) is 0.923. The van der Waals surface area contributed by atoms with Crippen molar-refractivity contribution in [3.8, 4) is 0 Å². The lowest BCUT2D eigenvalue weighted by Gasteiger charge is -2.29. The number of hydrogen-bond acceptors (Lipinski definition) is 4. The van der Waals surface area contributed by atoms with Crippen LogP contribution in [0.4, 0.5) is 13.2 Å². The van der Waals surface area contributed by atoms with Gasteiger partial charge in [0.1, 0.15) is 0 Å². The van der Waals surface area contributed by atoms with Gasteiger partial charge in [-0.2, -0.15) is 13.2 Å². The van der Waals surface area contributed by atoms with Gasteiger partial charge in [0.2, 0.25) is 0 Å². The molecule has 1 atom stereocenters. The number of halogens is 3. The van der Waals surface area contributed by atoms with Crippen LogP contribution >= 0.6 is 0 Å². The molecule has 0 rings (SSSR count). The Bertz CT molecular complexity index is 516. The molecule has 0 bridgehead atoms. The third kappa shape index (κ3) is 13.3. The van der Waals surface area contributed by atoms with Crippen LogP contribution in [0, 0.1) is 5.41 Å². The Morgan fingerprint density at radius 2 is 1.06 bits per heavy atom. The molecule has 0 aliphatic carbocycles. The number of rotatable bonds is 20. The standard InChI is InChI=1S/C26H47F3O4/c1-5-8-9-10-11-12-13-14-15-16-17-18-19-20-21-32-23(30)25(6-2,7-3)24(31)33-22(4)26(27,28)29/h22H,5-21H2,1-4H3. The minimum Gasteiger partial charge on any atom is -0.465 e. The molecule has 196 valence electrons. The van der Waals surface area contributed by atoms with Gasteiger partial charge in [0.05, 0.1) is 6.61 Å². The summed E-state index contributed by atoms with van der Waals surface area (Å²) in [5.74, 6) is -1.95. The van der Waals surface area contributed by atoms with E-state index in [1.165, 1.54) is 64.2 Å². The summed E-state index contributed by atoms with van der Waals surface area (Å²) in [5, 5.41) is 0. The molecule has 7 heteroatoms. The van der Waals surface area contributed by atoms with E-state index in [2.05, 4.69) is 11.7 Å². The number of carbonyl (C=O) groups excluding carboxylic acids is 2. The fourth-order valence-electron chi connectivity index (χ4n) is 3.85. The van der Waals surface area contributed by atoms with E-state index < -0.39 is 29.6 Å². The fourth-order valence-corrected chi connectivity index (χ4v) is 3.85. The van der Waals surface area contributed by atoms with Crippen molar-refractivity contribution in [1.29, 1.82) is 0 Å². The van der Waals surface area contributed by atoms with Gasteiger partial charge < -0.3 is 9.47 Å². The number of carbonyl (C=O) groups is 2. The summed E-state index contributed by atoms with van der Waals surface area (Å²) >= 11 is 0. The molecule has 4 nitrogen and oxygen atoms in total. The SMILES string of the molecule is CCCCCCCCCCCCCCCCOC(=O)C(CC)(CC)C(=O)OC(C)C(F)(F)F. The van der Waals surface area contributed by atoms with Crippen molar-refractivity contribution in [2.75, 3.05) is 6.61 Å². The molecule has 0 amide bonds. The molecule has 0 saturated carbocycles. The van der Waals surface area contributed by atoms with Crippen LogP contribution < -0.4 is 0 Å². The van der Waals surface area contributed by atoms with Crippen molar-refractivity contribution >= 4 is 11.9 Å². The highest BCUT2D eigenvalue weighted by Crippen LogP contribution is 2.33. The summed E-state index contributed by atoms with van der Waals surface area (Å²) in [4.78, 5) is 24.9. The van der Waals surface area contributed by atoms with Gasteiger partial charge in [0, 0.05) is 0 Å². The summed E-state index contributed by atoms with van der Waals surface area (Å²) in [6, 6.07) is 0. The average Bonchev–Trinajstić information content (AvgIpc) is 2.77. The molecule has 1 unspecified atom stereocenters. The molecule has 0 N–H and O–H groups in total. The second-order valence-electron chi connectivity index (χ2n) is 9.11. The lowest BCUT2D eigenvalue weighted by Crippen LogP contribution is -2.44. The Balaban J connectivity index is 3.99. The predicted molar refractivity (Wildman–Crippen MR) is 126 cm³/mol. The van der Waals surface area contributed by atoms with Crippen LogP contribution in [-0.4, -0.2) is 30.8 Å². The molecule has 0 saturated heterocycles. The molecular formula is C26H47F3O4. The first-order valence-corrected chi connectivity index (χ1v) is 13.1. The first-order valence-electron chi connectivity index (χ1n) is 13.1. The maximum atomic E-state index is 12.7. The summed E-state index contributed by atoms with van der Waals surface area (Å²) < 4.78 is 48.0. The Kier molecular flexibility index (Phi) is 17.4. The second-order valence-corrected chi connectivity index (χ2v) is 9.11. The van der Waals surface area contributed by atoms with Gasteiger partial charge in [-0.1, -0.05) is 104 Å². The molecule has 0 spiro atoms. The van der Waals surface area contributed by atoms with Crippen LogP contribution in [0.25, 0.3) is 0 Å². The van der Waals surface area contributed by atoms with E-state index in [9.17, 15) is 22.8 Å². The zero-order chi connectivity index (χ0) is 25.2. The molecule has 33 heavy (non-hydrogen) atoms. The highest BCUT2D eigenvalue weighted by molar-refractivity contribution is 6.00. The third-order valence-electron chi connectivity index (χ3n) is 6.46. The van der Waals surface area contributed by atoms with Gasteiger partial charge >= 0.3 is 18.1 Å². The minimum atomic E-state index is -4.67. The molecule has 0 aromatic carbocycles. The van der Waals surface area contributed by atoms with E-state index in [0.29, 0.717) is 6.42 Å². The van der Waals surface area contributed by atoms with E-state index >= 15 is 0 Å². The Morgan fingerprint density at radius 3 is 1.42 bits per heavy atom. The quantitative estimate of drug-likeness (QED) is 0.0998. The van der Waals surface area contributed by atoms with Gasteiger partial charge in [-0.15, -0.1) is 0 Å². The van der Waals surface area contributed by atoms with Crippen LogP contribution in [0.5, 0.6) is 0 Å². The van der Waals surface area contributed by atoms with Crippen molar-refractivity contribution in [2.45, 2.75) is 143 Å². The monoisotopic (exact) mass is 480 g/mol. The first-order chi connectivity index (χ1) is 15.7. The van der Waals surface area contributed by atoms with Gasteiger partial charge in [-0.25, -0.2) is 0 Å². The Hall–Kier alpha value is -1.27. The van der Waals surface area contributed by atoms with Gasteiger partial charge in [-0.05, 0) is 26.2 Å². The molecule has 0 heterocycles. The molecule has 0 aromatic heterocycles. The van der Waals surface area contributed by atoms with Crippen molar-refractivity contribution in [1.82, 2.24) is 0 Å². The minimum absolute atomic E-state index is 0.0322. The summed E-state index contributed by atoms with van der Waals surface area (Å²) in [6.45, 7) is 6.32. The Morgan fingerprint density at radius 1 is 0.667 bits per heavy atom. The Labute approximate surface area is 199 Å². The second kappa shape index (κ2) is 18.1. The zero-order valence-electron chi connectivity index (χ0n) is 21.4. The highest BCUT2D eigenvalue weighted by Gasteiger charge is 2.49. The summed E-state index contributed by atoms with van der Waals surface area (Å²) in [5.41, 5.74) is -1.69. The third-order valence-corrected chi connectivity index (χ3v) is 6.46. The molecule has 0 aliphatic heterocycles. The van der Waals surface area contributed by atoms with Crippen molar-refractivity contribution in [3.63, 3.8) is 0 Å². The lowest BCUT2D eigenvalue weighted by atomic mass is 9.82. The number of alkyl halides is 3. The van der Waals surface area contributed by atoms with E-state index in [4.69, 9.17) is 4.74 Å². The zero-order valence-corrected chi connectivity index (χ0v) is 21.4. The van der Waals surface area contributed by atoms with Gasteiger partial charge in [0.15, 0.2) is 11.5 Å². The van der Waals surface area contributed by atoms with E-state index in [-0.39, 0.29) is 19.4 Å². The highest BCUT2D eigenvalue weighted by atomic mass is 19.4. The molecule has 0 aliphatic rings. The number of ether oxygens (including phenoxy) is 2. The van der Waals surface area contributed by atoms with Crippen LogP contribution in [0.1, 0.15) is 130 Å². The topological polar surface area (TPSA) is 52.6 Å². The summed E-state index contributed by atoms with van der Waals surface area (Å²) in [6.07, 6.45) is 10.1. The van der Waals surface area contributed by atoms with Crippen molar-refractivity contribution in [3.05, 3.63) is 0 Å². The van der Waals surface area contributed by atoms with Crippen molar-refractivity contribution < 1.29 is 32.2 Å². The number of unbranched alkanes of at least 4 members (excludes halogenated alkanes) is 13. The van der Waals surface area contributed by atoms with E-state index in [1.807, 2.05) is 0 Å². The molecular weight excluding hydrogens is 433 g/mol. The number of esters is 2. The van der Waals surface area contributed by atoms with Crippen LogP contribution in [0.15, 0.2) is 0 Å². The molecule has 0 radical (unpaired) electrons. The smallest absolute Gasteiger partial charge is 0.425 e. The van der Waals surface area contributed by atoms with Crippen LogP contribution in [0.3, 0.4) is 0 Å². The van der Waals surface area contributed by atoms with Crippen LogP contribution in [0.2, 0.25) is 0 Å². The maximum absolute atomic E-state index is 12.7. The maximum Gasteiger partial charge on any atom is 0.425 e. The first kappa shape index (κ1) is 31.7. The van der Waals surface area contributed by atoms with Gasteiger partial charge in [0.25, 0.3) is 0 Å². The largest absolute Gasteiger partial charge is 0.465 e. The van der Waals surface area contributed by atoms with Crippen molar-refractivity contribution in [2.24, 2.45) is 5.41 Å².